The maximum atomic E-state index is 13.3. The van der Waals surface area contributed by atoms with Gasteiger partial charge >= 0.3 is 0 Å². The number of H-pyrrole nitrogens is 1. The number of benzene rings is 1. The van der Waals surface area contributed by atoms with Gasteiger partial charge in [0, 0.05) is 35.3 Å². The second kappa shape index (κ2) is 5.31. The van der Waals surface area contributed by atoms with E-state index in [0.29, 0.717) is 5.92 Å². The van der Waals surface area contributed by atoms with Crippen LogP contribution >= 0.6 is 0 Å². The van der Waals surface area contributed by atoms with Crippen molar-refractivity contribution in [1.29, 1.82) is 0 Å². The molecule has 3 aromatic rings. The number of carbonyl (C=O) groups is 1. The van der Waals surface area contributed by atoms with E-state index in [0.717, 1.165) is 40.3 Å². The molecule has 1 fully saturated rings. The molecule has 0 radical (unpaired) electrons. The first-order valence-electron chi connectivity index (χ1n) is 9.11. The van der Waals surface area contributed by atoms with Crippen molar-refractivity contribution in [3.8, 4) is 11.3 Å². The number of hydrogen-bond donors (Lipinski definition) is 2. The fraction of sp³-hybridized carbons (Fsp3) is 0.273. The Morgan fingerprint density at radius 1 is 1.15 bits per heavy atom. The number of rotatable bonds is 3. The molecule has 5 rings (SSSR count). The fourth-order valence-corrected chi connectivity index (χ4v) is 4.61. The molecule has 26 heavy (non-hydrogen) atoms. The molecule has 2 heterocycles. The molecular weight excluding hydrogens is 322 g/mol. The molecule has 4 nitrogen and oxygen atoms in total. The SMILES string of the molecule is CC1C2C(=O)c3c([nH]c(-c4ccncc4)c3Nc3ccccc3)C[C@@]12C. The lowest BCUT2D eigenvalue weighted by Gasteiger charge is -2.18. The van der Waals surface area contributed by atoms with Gasteiger partial charge in [0.15, 0.2) is 5.78 Å². The third-order valence-electron chi connectivity index (χ3n) is 6.32. The number of para-hydroxylation sites is 1. The number of aromatic amines is 1. The normalized spacial score (nSPS) is 26.2. The van der Waals surface area contributed by atoms with Crippen LogP contribution in [0.5, 0.6) is 0 Å². The Hall–Kier alpha value is -2.88. The molecule has 2 unspecified atom stereocenters. The first-order valence-corrected chi connectivity index (χ1v) is 9.11. The Morgan fingerprint density at radius 3 is 2.62 bits per heavy atom. The number of carbonyl (C=O) groups excluding carboxylic acids is 1. The molecular formula is C22H21N3O. The third kappa shape index (κ3) is 2.08. The van der Waals surface area contributed by atoms with Crippen molar-refractivity contribution in [1.82, 2.24) is 9.97 Å². The minimum atomic E-state index is 0.106. The van der Waals surface area contributed by atoms with Crippen molar-refractivity contribution in [2.45, 2.75) is 20.3 Å². The fourth-order valence-electron chi connectivity index (χ4n) is 4.61. The number of hydrogen-bond acceptors (Lipinski definition) is 3. The Morgan fingerprint density at radius 2 is 1.88 bits per heavy atom. The van der Waals surface area contributed by atoms with Gasteiger partial charge in [-0.3, -0.25) is 9.78 Å². The van der Waals surface area contributed by atoms with Crippen molar-refractivity contribution in [2.24, 2.45) is 17.3 Å². The maximum absolute atomic E-state index is 13.3. The second-order valence-corrected chi connectivity index (χ2v) is 7.77. The summed E-state index contributed by atoms with van der Waals surface area (Å²) < 4.78 is 0. The summed E-state index contributed by atoms with van der Waals surface area (Å²) in [7, 11) is 0. The first-order chi connectivity index (χ1) is 12.6. The van der Waals surface area contributed by atoms with Gasteiger partial charge < -0.3 is 10.3 Å². The van der Waals surface area contributed by atoms with Crippen molar-refractivity contribution >= 4 is 17.2 Å². The topological polar surface area (TPSA) is 57.8 Å². The predicted octanol–water partition coefficient (Wildman–Crippen LogP) is 4.83. The Kier molecular flexibility index (Phi) is 3.14. The molecule has 130 valence electrons. The van der Waals surface area contributed by atoms with E-state index in [2.05, 4.69) is 29.1 Å². The molecule has 0 saturated heterocycles. The van der Waals surface area contributed by atoms with Crippen LogP contribution in [0, 0.1) is 17.3 Å². The summed E-state index contributed by atoms with van der Waals surface area (Å²) in [6.07, 6.45) is 4.49. The van der Waals surface area contributed by atoms with E-state index in [1.165, 1.54) is 0 Å². The largest absolute Gasteiger partial charge is 0.356 e. The van der Waals surface area contributed by atoms with Gasteiger partial charge in [-0.2, -0.15) is 0 Å². The summed E-state index contributed by atoms with van der Waals surface area (Å²) in [6.45, 7) is 4.43. The van der Waals surface area contributed by atoms with Gasteiger partial charge in [-0.15, -0.1) is 0 Å². The van der Waals surface area contributed by atoms with Crippen LogP contribution in [0.1, 0.15) is 29.9 Å². The number of Topliss-reactive ketones (excluding diaryl/α,β-unsaturated/α-hetero) is 1. The number of aromatic nitrogens is 2. The lowest BCUT2D eigenvalue weighted by Crippen LogP contribution is -2.19. The van der Waals surface area contributed by atoms with Crippen molar-refractivity contribution in [3.63, 3.8) is 0 Å². The van der Waals surface area contributed by atoms with Gasteiger partial charge in [0.2, 0.25) is 0 Å². The molecule has 0 aliphatic heterocycles. The zero-order valence-electron chi connectivity index (χ0n) is 14.9. The molecule has 2 aliphatic rings. The highest BCUT2D eigenvalue weighted by Crippen LogP contribution is 2.65. The second-order valence-electron chi connectivity index (χ2n) is 7.77. The lowest BCUT2D eigenvalue weighted by molar-refractivity contribution is 0.0939. The number of nitrogens with one attached hydrogen (secondary N) is 2. The molecule has 2 aromatic heterocycles. The van der Waals surface area contributed by atoms with E-state index >= 15 is 0 Å². The molecule has 0 bridgehead atoms. The van der Waals surface area contributed by atoms with Crippen LogP contribution < -0.4 is 5.32 Å². The summed E-state index contributed by atoms with van der Waals surface area (Å²) in [6, 6.07) is 14.0. The van der Waals surface area contributed by atoms with Gasteiger partial charge in [-0.05, 0) is 42.0 Å². The van der Waals surface area contributed by atoms with Gasteiger partial charge in [-0.1, -0.05) is 32.0 Å². The van der Waals surface area contributed by atoms with Crippen LogP contribution in [0.2, 0.25) is 0 Å². The quantitative estimate of drug-likeness (QED) is 0.716. The summed E-state index contributed by atoms with van der Waals surface area (Å²) in [5.74, 6) is 0.869. The van der Waals surface area contributed by atoms with E-state index < -0.39 is 0 Å². The van der Waals surface area contributed by atoms with Gasteiger partial charge in [0.25, 0.3) is 0 Å². The third-order valence-corrected chi connectivity index (χ3v) is 6.32. The van der Waals surface area contributed by atoms with Gasteiger partial charge in [0.1, 0.15) is 0 Å². The summed E-state index contributed by atoms with van der Waals surface area (Å²) >= 11 is 0. The smallest absolute Gasteiger partial charge is 0.170 e. The van der Waals surface area contributed by atoms with E-state index in [9.17, 15) is 4.79 Å². The number of anilines is 2. The van der Waals surface area contributed by atoms with Crippen LogP contribution in [0.15, 0.2) is 54.9 Å². The molecule has 2 N–H and O–H groups in total. The maximum Gasteiger partial charge on any atom is 0.170 e. The minimum Gasteiger partial charge on any atom is -0.356 e. The number of nitrogens with zero attached hydrogens (tertiary/aromatic N) is 1. The highest BCUT2D eigenvalue weighted by atomic mass is 16.1. The molecule has 3 atom stereocenters. The predicted molar refractivity (Wildman–Crippen MR) is 103 cm³/mol. The van der Waals surface area contributed by atoms with Crippen LogP contribution in [0.4, 0.5) is 11.4 Å². The van der Waals surface area contributed by atoms with Gasteiger partial charge in [0.05, 0.1) is 16.9 Å². The molecule has 0 amide bonds. The standard InChI is InChI=1S/C22H21N3O/c1-13-18-21(26)17-16(12-22(13,18)2)25-19(14-8-10-23-11-9-14)20(17)24-15-6-4-3-5-7-15/h3-11,13,18,24-25H,12H2,1-2H3/t13?,18?,22-/m0/s1. The van der Waals surface area contributed by atoms with E-state index in [1.807, 2.05) is 42.5 Å². The minimum absolute atomic E-state index is 0.106. The van der Waals surface area contributed by atoms with E-state index in [-0.39, 0.29) is 17.1 Å². The first kappa shape index (κ1) is 15.4. The molecule has 1 aromatic carbocycles. The number of ketones is 1. The number of fused-ring (bicyclic) bond motifs is 2. The Labute approximate surface area is 152 Å². The van der Waals surface area contributed by atoms with Crippen LogP contribution in [-0.4, -0.2) is 15.8 Å². The Bertz CT molecular complexity index is 993. The average molecular weight is 343 g/mol. The lowest BCUT2D eigenvalue weighted by atomic mass is 9.87. The summed E-state index contributed by atoms with van der Waals surface area (Å²) in [5.41, 5.74) is 5.88. The highest BCUT2D eigenvalue weighted by molar-refractivity contribution is 6.10. The van der Waals surface area contributed by atoms with E-state index in [4.69, 9.17) is 0 Å². The highest BCUT2D eigenvalue weighted by Gasteiger charge is 2.65. The molecule has 1 saturated carbocycles. The van der Waals surface area contributed by atoms with Gasteiger partial charge in [-0.25, -0.2) is 0 Å². The average Bonchev–Trinajstić information content (AvgIpc) is 3.03. The van der Waals surface area contributed by atoms with E-state index in [1.54, 1.807) is 12.4 Å². The molecule has 0 spiro atoms. The van der Waals surface area contributed by atoms with Crippen LogP contribution in [0.25, 0.3) is 11.3 Å². The summed E-state index contributed by atoms with van der Waals surface area (Å²) in [4.78, 5) is 20.9. The zero-order valence-corrected chi connectivity index (χ0v) is 14.9. The summed E-state index contributed by atoms with van der Waals surface area (Å²) in [5, 5.41) is 3.50. The monoisotopic (exact) mass is 343 g/mol. The van der Waals surface area contributed by atoms with Crippen LogP contribution in [-0.2, 0) is 6.42 Å². The number of pyridine rings is 1. The van der Waals surface area contributed by atoms with Crippen molar-refractivity contribution in [2.75, 3.05) is 5.32 Å². The molecule has 4 heteroatoms. The zero-order chi connectivity index (χ0) is 17.9. The van der Waals surface area contributed by atoms with Crippen molar-refractivity contribution < 1.29 is 4.79 Å². The Balaban J connectivity index is 1.68. The van der Waals surface area contributed by atoms with Crippen molar-refractivity contribution in [3.05, 3.63) is 66.1 Å². The molecule has 2 aliphatic carbocycles. The van der Waals surface area contributed by atoms with Crippen LogP contribution in [0.3, 0.4) is 0 Å².